The predicted molar refractivity (Wildman–Crippen MR) is 115 cm³/mol. The van der Waals surface area contributed by atoms with Crippen molar-refractivity contribution in [3.8, 4) is 5.75 Å². The molecule has 1 unspecified atom stereocenters. The van der Waals surface area contributed by atoms with Gasteiger partial charge in [0.15, 0.2) is 0 Å². The number of H-pyrrole nitrogens is 2. The first kappa shape index (κ1) is 17.9. The van der Waals surface area contributed by atoms with Gasteiger partial charge in [-0.1, -0.05) is 18.2 Å². The van der Waals surface area contributed by atoms with E-state index in [2.05, 4.69) is 34.2 Å². The smallest absolute Gasteiger partial charge is 0.227 e. The minimum absolute atomic E-state index is 0.206. The third kappa shape index (κ3) is 3.37. The summed E-state index contributed by atoms with van der Waals surface area (Å²) in [6.45, 7) is 1.61. The number of methoxy groups -OCH3 is 1. The number of piperidine rings is 1. The highest BCUT2D eigenvalue weighted by Gasteiger charge is 2.26. The molecule has 2 aromatic heterocycles. The van der Waals surface area contributed by atoms with E-state index in [1.54, 1.807) is 7.11 Å². The van der Waals surface area contributed by atoms with Crippen LogP contribution in [-0.2, 0) is 11.2 Å². The van der Waals surface area contributed by atoms with E-state index >= 15 is 0 Å². The van der Waals surface area contributed by atoms with Crippen LogP contribution in [0.4, 0.5) is 0 Å². The number of benzene rings is 2. The molecule has 1 aliphatic heterocycles. The van der Waals surface area contributed by atoms with Crippen molar-refractivity contribution in [2.75, 3.05) is 20.2 Å². The topological polar surface area (TPSA) is 61.1 Å². The molecule has 3 heterocycles. The molecule has 1 aliphatic rings. The number of hydrogen-bond donors (Lipinski definition) is 2. The van der Waals surface area contributed by atoms with Gasteiger partial charge in [-0.3, -0.25) is 4.79 Å². The second-order valence-corrected chi connectivity index (χ2v) is 7.89. The minimum Gasteiger partial charge on any atom is -0.497 e. The fourth-order valence-corrected chi connectivity index (χ4v) is 4.49. The Morgan fingerprint density at radius 2 is 2.07 bits per heavy atom. The zero-order chi connectivity index (χ0) is 19.8. The molecule has 5 rings (SSSR count). The average molecular weight is 387 g/mol. The number of ether oxygens (including phenoxy) is 1. The molecule has 0 aliphatic carbocycles. The van der Waals surface area contributed by atoms with E-state index in [1.165, 1.54) is 5.69 Å². The van der Waals surface area contributed by atoms with Gasteiger partial charge >= 0.3 is 0 Å². The van der Waals surface area contributed by atoms with Crippen LogP contribution in [0.5, 0.6) is 5.75 Å². The van der Waals surface area contributed by atoms with E-state index in [4.69, 9.17) is 4.74 Å². The number of aromatic nitrogens is 2. The first-order chi connectivity index (χ1) is 14.2. The number of amides is 1. The number of para-hydroxylation sites is 1. The summed E-state index contributed by atoms with van der Waals surface area (Å²) in [5.41, 5.74) is 4.48. The molecule has 4 aromatic rings. The molecule has 1 saturated heterocycles. The van der Waals surface area contributed by atoms with Crippen molar-refractivity contribution in [3.05, 3.63) is 66.0 Å². The van der Waals surface area contributed by atoms with Crippen LogP contribution in [0.25, 0.3) is 21.8 Å². The van der Waals surface area contributed by atoms with Crippen LogP contribution >= 0.6 is 0 Å². The third-order valence-electron chi connectivity index (χ3n) is 6.08. The van der Waals surface area contributed by atoms with Crippen molar-refractivity contribution in [1.82, 2.24) is 14.9 Å². The Hall–Kier alpha value is -3.21. The minimum atomic E-state index is 0.206. The van der Waals surface area contributed by atoms with Gasteiger partial charge in [-0.15, -0.1) is 0 Å². The van der Waals surface area contributed by atoms with Crippen molar-refractivity contribution in [2.45, 2.75) is 25.2 Å². The van der Waals surface area contributed by atoms with Crippen molar-refractivity contribution in [3.63, 3.8) is 0 Å². The molecule has 5 heteroatoms. The Bertz CT molecular complexity index is 1170. The number of carbonyl (C=O) groups is 1. The lowest BCUT2D eigenvalue weighted by atomic mass is 9.94. The predicted octanol–water partition coefficient (Wildman–Crippen LogP) is 4.61. The van der Waals surface area contributed by atoms with Crippen molar-refractivity contribution in [2.24, 2.45) is 0 Å². The summed E-state index contributed by atoms with van der Waals surface area (Å²) >= 11 is 0. The maximum Gasteiger partial charge on any atom is 0.227 e. The summed E-state index contributed by atoms with van der Waals surface area (Å²) < 4.78 is 5.34. The maximum atomic E-state index is 13.0. The lowest BCUT2D eigenvalue weighted by Crippen LogP contribution is -2.40. The number of aromatic amines is 2. The highest BCUT2D eigenvalue weighted by atomic mass is 16.5. The van der Waals surface area contributed by atoms with Gasteiger partial charge in [-0.05, 0) is 48.7 Å². The number of nitrogens with one attached hydrogen (secondary N) is 2. The molecular formula is C24H25N3O2. The van der Waals surface area contributed by atoms with Gasteiger partial charge in [-0.2, -0.15) is 0 Å². The fourth-order valence-electron chi connectivity index (χ4n) is 4.49. The fraction of sp³-hybridized carbons (Fsp3) is 0.292. The highest BCUT2D eigenvalue weighted by molar-refractivity contribution is 5.89. The summed E-state index contributed by atoms with van der Waals surface area (Å²) in [6.07, 6.45) is 4.54. The molecule has 1 fully saturated rings. The van der Waals surface area contributed by atoms with Crippen LogP contribution in [-0.4, -0.2) is 41.0 Å². The zero-order valence-corrected chi connectivity index (χ0v) is 16.6. The van der Waals surface area contributed by atoms with Gasteiger partial charge in [0, 0.05) is 52.7 Å². The first-order valence-corrected chi connectivity index (χ1v) is 10.2. The zero-order valence-electron chi connectivity index (χ0n) is 16.6. The molecule has 0 spiro atoms. The summed E-state index contributed by atoms with van der Waals surface area (Å²) in [6, 6.07) is 16.4. The monoisotopic (exact) mass is 387 g/mol. The van der Waals surface area contributed by atoms with Crippen LogP contribution in [0.1, 0.15) is 30.0 Å². The number of likely N-dealkylation sites (tertiary alicyclic amines) is 1. The van der Waals surface area contributed by atoms with E-state index in [0.717, 1.165) is 59.0 Å². The van der Waals surface area contributed by atoms with Crippen molar-refractivity contribution >= 4 is 27.7 Å². The summed E-state index contributed by atoms with van der Waals surface area (Å²) in [4.78, 5) is 21.9. The SMILES string of the molecule is COc1ccc2[nH]c(C3CCCN(C(=O)Cc4c[nH]c5ccccc45)C3)cc2c1. The molecule has 0 saturated carbocycles. The lowest BCUT2D eigenvalue weighted by molar-refractivity contribution is -0.131. The largest absolute Gasteiger partial charge is 0.497 e. The van der Waals surface area contributed by atoms with Crippen molar-refractivity contribution < 1.29 is 9.53 Å². The Balaban J connectivity index is 1.33. The molecule has 0 bridgehead atoms. The van der Waals surface area contributed by atoms with Gasteiger partial charge in [0.1, 0.15) is 5.75 Å². The van der Waals surface area contributed by atoms with Crippen LogP contribution in [0, 0.1) is 0 Å². The first-order valence-electron chi connectivity index (χ1n) is 10.2. The van der Waals surface area contributed by atoms with Gasteiger partial charge in [0.05, 0.1) is 13.5 Å². The standard InChI is InChI=1S/C24H25N3O2/c1-29-19-8-9-21-17(11-19)12-23(26-21)16-5-4-10-27(15-16)24(28)13-18-14-25-22-7-3-2-6-20(18)22/h2-3,6-9,11-12,14,16,25-26H,4-5,10,13,15H2,1H3. The molecule has 1 atom stereocenters. The van der Waals surface area contributed by atoms with E-state index < -0.39 is 0 Å². The maximum absolute atomic E-state index is 13.0. The third-order valence-corrected chi connectivity index (χ3v) is 6.08. The Kier molecular flexibility index (Phi) is 4.51. The van der Waals surface area contributed by atoms with Crippen LogP contribution < -0.4 is 4.74 Å². The van der Waals surface area contributed by atoms with Crippen LogP contribution in [0.2, 0.25) is 0 Å². The van der Waals surface area contributed by atoms with Gasteiger partial charge < -0.3 is 19.6 Å². The Labute approximate surface area is 169 Å². The number of rotatable bonds is 4. The normalized spacial score (nSPS) is 17.1. The molecule has 1 amide bonds. The summed E-state index contributed by atoms with van der Waals surface area (Å²) in [7, 11) is 1.69. The van der Waals surface area contributed by atoms with E-state index in [-0.39, 0.29) is 5.91 Å². The molecular weight excluding hydrogens is 362 g/mol. The average Bonchev–Trinajstić information content (AvgIpc) is 3.37. The van der Waals surface area contributed by atoms with E-state index in [0.29, 0.717) is 12.3 Å². The molecule has 2 N–H and O–H groups in total. The Morgan fingerprint density at radius 3 is 2.97 bits per heavy atom. The second kappa shape index (κ2) is 7.32. The molecule has 0 radical (unpaired) electrons. The number of hydrogen-bond acceptors (Lipinski definition) is 2. The summed E-state index contributed by atoms with van der Waals surface area (Å²) in [5.74, 6) is 1.41. The molecule has 2 aromatic carbocycles. The number of nitrogens with zero attached hydrogens (tertiary/aromatic N) is 1. The Morgan fingerprint density at radius 1 is 1.17 bits per heavy atom. The van der Waals surface area contributed by atoms with Crippen LogP contribution in [0.15, 0.2) is 54.7 Å². The van der Waals surface area contributed by atoms with Crippen molar-refractivity contribution in [1.29, 1.82) is 0 Å². The van der Waals surface area contributed by atoms with Crippen LogP contribution in [0.3, 0.4) is 0 Å². The van der Waals surface area contributed by atoms with Gasteiger partial charge in [0.25, 0.3) is 0 Å². The van der Waals surface area contributed by atoms with Gasteiger partial charge in [-0.25, -0.2) is 0 Å². The summed E-state index contributed by atoms with van der Waals surface area (Å²) in [5, 5.41) is 2.29. The molecule has 29 heavy (non-hydrogen) atoms. The molecule has 148 valence electrons. The molecule has 5 nitrogen and oxygen atoms in total. The number of fused-ring (bicyclic) bond motifs is 2. The number of carbonyl (C=O) groups excluding carboxylic acids is 1. The second-order valence-electron chi connectivity index (χ2n) is 7.89. The highest BCUT2D eigenvalue weighted by Crippen LogP contribution is 2.31. The van der Waals surface area contributed by atoms with E-state index in [9.17, 15) is 4.79 Å². The van der Waals surface area contributed by atoms with E-state index in [1.807, 2.05) is 35.4 Å². The van der Waals surface area contributed by atoms with Gasteiger partial charge in [0.2, 0.25) is 5.91 Å². The quantitative estimate of drug-likeness (QED) is 0.537. The lowest BCUT2D eigenvalue weighted by Gasteiger charge is -2.32.